The Bertz CT molecular complexity index is 2010. The van der Waals surface area contributed by atoms with Crippen LogP contribution in [0.4, 0.5) is 0 Å². The molecule has 80 heavy (non-hydrogen) atoms. The first kappa shape index (κ1) is 63.4. The van der Waals surface area contributed by atoms with Gasteiger partial charge in [0.1, 0.15) is 13.2 Å². The van der Waals surface area contributed by atoms with Crippen molar-refractivity contribution in [1.29, 1.82) is 0 Å². The van der Waals surface area contributed by atoms with E-state index < -0.39 is 5.41 Å². The van der Waals surface area contributed by atoms with E-state index in [1.807, 2.05) is 62.3 Å². The minimum absolute atomic E-state index is 0.00532. The second-order valence-electron chi connectivity index (χ2n) is 32.5. The number of carbonyl (C=O) groups excluding carboxylic acids is 5. The van der Waals surface area contributed by atoms with Gasteiger partial charge in [0.05, 0.1) is 47.4 Å². The maximum atomic E-state index is 12.2. The Kier molecular flexibility index (Phi) is 20.5. The highest BCUT2D eigenvalue weighted by atomic mass is 16.6. The van der Waals surface area contributed by atoms with Crippen molar-refractivity contribution in [3.8, 4) is 0 Å². The van der Waals surface area contributed by atoms with Crippen LogP contribution in [0.5, 0.6) is 0 Å². The standard InChI is InChI=1S/C19H32O2.C18H30O2.C17H28O2.C16H26O4/c1-4-18(2,3)17(20)21-7-5-6-19-11-14-8-15(12-19)10-16(9-14)13-19;1-4-17(2,3)16(19)20-6-5-18-10-13-7-14(11-18)9-15(8-13)12-18;1-4-16(2,3)15(18)19-11-17-8-12-5-13(9-17)7-14(6-12)10-17;1-4-16(2,3)15(18)20-8-7-19-14(17)13-10-11-5-6-12(13)9-11/h14-16H,4-13H2,1-3H3;13-15H,4-12H2,1-3H3;12-14H,4-11H2,1-3H3;11-13H,4-10H2,1-3H3. The molecule has 0 spiro atoms. The molecule has 3 unspecified atom stereocenters. The zero-order valence-electron chi connectivity index (χ0n) is 53.1. The van der Waals surface area contributed by atoms with E-state index in [0.717, 1.165) is 104 Å². The predicted molar refractivity (Wildman–Crippen MR) is 316 cm³/mol. The molecule has 14 rings (SSSR count). The number of hydrogen-bond acceptors (Lipinski definition) is 10. The minimum atomic E-state index is -0.464. The van der Waals surface area contributed by atoms with Crippen LogP contribution < -0.4 is 0 Å². The second kappa shape index (κ2) is 25.9. The van der Waals surface area contributed by atoms with Crippen molar-refractivity contribution in [3.63, 3.8) is 0 Å². The Hall–Kier alpha value is -2.65. The molecular weight excluding hydrogens is 1000 g/mol. The molecule has 0 aromatic rings. The Morgan fingerprint density at radius 3 is 1.02 bits per heavy atom. The van der Waals surface area contributed by atoms with Gasteiger partial charge in [-0.15, -0.1) is 0 Å². The topological polar surface area (TPSA) is 132 Å². The van der Waals surface area contributed by atoms with E-state index in [0.29, 0.717) is 42.0 Å². The van der Waals surface area contributed by atoms with Crippen LogP contribution in [-0.4, -0.2) is 62.9 Å². The molecule has 14 bridgehead atoms. The van der Waals surface area contributed by atoms with Crippen molar-refractivity contribution < 1.29 is 47.7 Å². The van der Waals surface area contributed by atoms with Gasteiger partial charge in [0.15, 0.2) is 0 Å². The molecule has 0 N–H and O–H groups in total. The monoisotopic (exact) mass is 1120 g/mol. The molecule has 0 amide bonds. The van der Waals surface area contributed by atoms with Gasteiger partial charge in [0.25, 0.3) is 0 Å². The fraction of sp³-hybridized carbons (Fsp3) is 0.929. The lowest BCUT2D eigenvalue weighted by molar-refractivity contribution is -0.165. The first-order valence-electron chi connectivity index (χ1n) is 33.6. The Morgan fingerprint density at radius 2 is 0.675 bits per heavy atom. The summed E-state index contributed by atoms with van der Waals surface area (Å²) in [6.45, 7) is 26.1. The molecule has 14 fully saturated rings. The van der Waals surface area contributed by atoms with Crippen LogP contribution in [-0.2, 0) is 47.7 Å². The summed E-state index contributed by atoms with van der Waals surface area (Å²) < 4.78 is 27.3. The van der Waals surface area contributed by atoms with Crippen LogP contribution in [0.25, 0.3) is 0 Å². The summed E-state index contributed by atoms with van der Waals surface area (Å²) in [6, 6.07) is 0. The van der Waals surface area contributed by atoms with Crippen molar-refractivity contribution in [2.45, 2.75) is 269 Å². The molecule has 10 heteroatoms. The van der Waals surface area contributed by atoms with Crippen molar-refractivity contribution in [1.82, 2.24) is 0 Å². The molecular formula is C70H116O10. The number of hydrogen-bond donors (Lipinski definition) is 0. The predicted octanol–water partition coefficient (Wildman–Crippen LogP) is 16.7. The Balaban J connectivity index is 0.000000140. The molecule has 14 aliphatic carbocycles. The average molecular weight is 1120 g/mol. The van der Waals surface area contributed by atoms with E-state index in [4.69, 9.17) is 23.7 Å². The van der Waals surface area contributed by atoms with Gasteiger partial charge in [-0.25, -0.2) is 0 Å². The summed E-state index contributed by atoms with van der Waals surface area (Å²) in [7, 11) is 0. The Morgan fingerprint density at radius 1 is 0.350 bits per heavy atom. The SMILES string of the molecule is CCC(C)(C)C(=O)OCC12CC3CC(CC(C3)C1)C2.CCC(C)(C)C(=O)OCCC12CC3CC(CC(C3)C1)C2.CCC(C)(C)C(=O)OCCCC12CC3CC(CC(C3)C1)C2.CCC(C)(C)C(=O)OCCOC(=O)C1CC2CCC1C2. The van der Waals surface area contributed by atoms with Gasteiger partial charge in [-0.3, -0.25) is 24.0 Å². The van der Waals surface area contributed by atoms with Gasteiger partial charge < -0.3 is 23.7 Å². The van der Waals surface area contributed by atoms with E-state index in [-0.39, 0.29) is 65.2 Å². The summed E-state index contributed by atoms with van der Waals surface area (Å²) >= 11 is 0. The quantitative estimate of drug-likeness (QED) is 0.0622. The summed E-state index contributed by atoms with van der Waals surface area (Å²) in [5, 5.41) is 0. The van der Waals surface area contributed by atoms with Gasteiger partial charge in [-0.2, -0.15) is 0 Å². The van der Waals surface area contributed by atoms with E-state index in [2.05, 4.69) is 20.8 Å². The van der Waals surface area contributed by atoms with Crippen LogP contribution >= 0.6 is 0 Å². The van der Waals surface area contributed by atoms with E-state index in [1.54, 1.807) is 0 Å². The number of ether oxygens (including phenoxy) is 5. The van der Waals surface area contributed by atoms with Gasteiger partial charge in [-0.05, 0) is 311 Å². The van der Waals surface area contributed by atoms with Crippen molar-refractivity contribution in [3.05, 3.63) is 0 Å². The molecule has 0 aliphatic heterocycles. The molecule has 10 nitrogen and oxygen atoms in total. The van der Waals surface area contributed by atoms with Crippen LogP contribution in [0.15, 0.2) is 0 Å². The summed E-state index contributed by atoms with van der Waals surface area (Å²) in [6.07, 6.45) is 37.3. The largest absolute Gasteiger partial charge is 0.465 e. The fourth-order valence-electron chi connectivity index (χ4n) is 19.1. The number of rotatable bonds is 21. The lowest BCUT2D eigenvalue weighted by Crippen LogP contribution is -2.48. The van der Waals surface area contributed by atoms with Crippen molar-refractivity contribution in [2.75, 3.05) is 33.0 Å². The molecule has 0 aromatic heterocycles. The molecule has 3 atom stereocenters. The summed E-state index contributed by atoms with van der Waals surface area (Å²) in [5.74, 6) is 9.87. The van der Waals surface area contributed by atoms with Gasteiger partial charge in [0.2, 0.25) is 0 Å². The van der Waals surface area contributed by atoms with Gasteiger partial charge in [0, 0.05) is 5.41 Å². The third kappa shape index (κ3) is 15.6. The van der Waals surface area contributed by atoms with Crippen molar-refractivity contribution in [2.24, 2.45) is 109 Å². The first-order valence-corrected chi connectivity index (χ1v) is 33.6. The molecule has 0 saturated heterocycles. The highest BCUT2D eigenvalue weighted by Gasteiger charge is 2.54. The minimum Gasteiger partial charge on any atom is -0.465 e. The molecule has 0 aromatic carbocycles. The Labute approximate surface area is 486 Å². The zero-order chi connectivity index (χ0) is 57.9. The molecule has 456 valence electrons. The summed E-state index contributed by atoms with van der Waals surface area (Å²) in [5.41, 5.74) is 0.0973. The number of esters is 5. The van der Waals surface area contributed by atoms with E-state index in [1.165, 1.54) is 141 Å². The van der Waals surface area contributed by atoms with Crippen LogP contribution in [0.3, 0.4) is 0 Å². The van der Waals surface area contributed by atoms with E-state index in [9.17, 15) is 24.0 Å². The average Bonchev–Trinajstić information content (AvgIpc) is 4.05. The van der Waals surface area contributed by atoms with Crippen LogP contribution in [0, 0.1) is 109 Å². The highest BCUT2D eigenvalue weighted by Crippen LogP contribution is 2.63. The maximum Gasteiger partial charge on any atom is 0.311 e. The fourth-order valence-corrected chi connectivity index (χ4v) is 19.1. The smallest absolute Gasteiger partial charge is 0.311 e. The maximum absolute atomic E-state index is 12.2. The molecule has 0 heterocycles. The number of fused-ring (bicyclic) bond motifs is 2. The first-order chi connectivity index (χ1) is 37.7. The normalized spacial score (nSPS) is 36.4. The highest BCUT2D eigenvalue weighted by molar-refractivity contribution is 5.77. The lowest BCUT2D eigenvalue weighted by Gasteiger charge is -2.57. The van der Waals surface area contributed by atoms with Crippen LogP contribution in [0.2, 0.25) is 0 Å². The molecule has 14 saturated carbocycles. The number of carbonyl (C=O) groups is 5. The second-order valence-corrected chi connectivity index (χ2v) is 32.5. The van der Waals surface area contributed by atoms with Gasteiger partial charge in [-0.1, -0.05) is 34.1 Å². The van der Waals surface area contributed by atoms with Crippen LogP contribution in [0.1, 0.15) is 269 Å². The van der Waals surface area contributed by atoms with Gasteiger partial charge >= 0.3 is 29.8 Å². The molecule has 14 aliphatic rings. The molecule has 0 radical (unpaired) electrons. The van der Waals surface area contributed by atoms with Crippen molar-refractivity contribution >= 4 is 29.8 Å². The third-order valence-electron chi connectivity index (χ3n) is 24.3. The zero-order valence-corrected chi connectivity index (χ0v) is 53.1. The lowest BCUT2D eigenvalue weighted by atomic mass is 9.48. The third-order valence-corrected chi connectivity index (χ3v) is 24.3. The summed E-state index contributed by atoms with van der Waals surface area (Å²) in [4.78, 5) is 59.9. The van der Waals surface area contributed by atoms with E-state index >= 15 is 0 Å².